The summed E-state index contributed by atoms with van der Waals surface area (Å²) in [6.07, 6.45) is 12.0. The van der Waals surface area contributed by atoms with E-state index in [0.29, 0.717) is 10.8 Å². The summed E-state index contributed by atoms with van der Waals surface area (Å²) in [6, 6.07) is 5.25. The van der Waals surface area contributed by atoms with Crippen LogP contribution in [0.2, 0.25) is 0 Å². The zero-order chi connectivity index (χ0) is 17.2. The Bertz CT molecular complexity index is 706. The van der Waals surface area contributed by atoms with Gasteiger partial charge in [-0.1, -0.05) is 37.5 Å². The highest BCUT2D eigenvalue weighted by Crippen LogP contribution is 2.32. The predicted octanol–water partition coefficient (Wildman–Crippen LogP) is 4.16. The second kappa shape index (κ2) is 8.67. The number of nitrogens with one attached hydrogen (secondary N) is 1. The topological polar surface area (TPSA) is 72.2 Å². The summed E-state index contributed by atoms with van der Waals surface area (Å²) < 4.78 is 28.3. The maximum absolute atomic E-state index is 12.7. The zero-order valence-corrected chi connectivity index (χ0v) is 16.4. The lowest BCUT2D eigenvalue weighted by atomic mass is 9.96. The highest BCUT2D eigenvalue weighted by molar-refractivity contribution is 7.89. The molecule has 140 valence electrons. The quantitative estimate of drug-likeness (QED) is 0.773. The molecule has 0 aliphatic heterocycles. The van der Waals surface area contributed by atoms with Gasteiger partial charge in [0.2, 0.25) is 10.0 Å². The zero-order valence-electron chi connectivity index (χ0n) is 14.8. The summed E-state index contributed by atoms with van der Waals surface area (Å²) in [5, 5.41) is 0. The molecule has 0 bridgehead atoms. The smallest absolute Gasteiger partial charge is 0.240 e. The minimum absolute atomic E-state index is 0. The highest BCUT2D eigenvalue weighted by atomic mass is 35.5. The Balaban J connectivity index is 0.00000225. The van der Waals surface area contributed by atoms with Crippen molar-refractivity contribution in [1.82, 2.24) is 4.72 Å². The lowest BCUT2D eigenvalue weighted by molar-refractivity contribution is 0.412. The molecule has 0 amide bonds. The van der Waals surface area contributed by atoms with E-state index < -0.39 is 10.0 Å². The summed E-state index contributed by atoms with van der Waals surface area (Å²) in [5.74, 6) is 0.645. The van der Waals surface area contributed by atoms with Crippen LogP contribution in [0.4, 0.5) is 0 Å². The maximum Gasteiger partial charge on any atom is 0.240 e. The minimum Gasteiger partial charge on any atom is -0.324 e. The Hall–Kier alpha value is -0.880. The molecule has 2 aliphatic rings. The molecular weight excluding hydrogens is 356 g/mol. The normalized spacial score (nSPS) is 20.4. The Morgan fingerprint density at radius 3 is 2.44 bits per heavy atom. The summed E-state index contributed by atoms with van der Waals surface area (Å²) in [7, 11) is -3.47. The van der Waals surface area contributed by atoms with Crippen LogP contribution in [0.15, 0.2) is 29.2 Å². The third kappa shape index (κ3) is 5.55. The van der Waals surface area contributed by atoms with Crippen molar-refractivity contribution in [3.05, 3.63) is 35.4 Å². The molecule has 1 aromatic carbocycles. The third-order valence-electron chi connectivity index (χ3n) is 4.96. The Labute approximate surface area is 157 Å². The number of rotatable bonds is 6. The molecule has 6 heteroatoms. The number of hydrogen-bond acceptors (Lipinski definition) is 3. The summed E-state index contributed by atoms with van der Waals surface area (Å²) in [6.45, 7) is 1.93. The fourth-order valence-electron chi connectivity index (χ4n) is 3.32. The van der Waals surface area contributed by atoms with Crippen molar-refractivity contribution in [2.24, 2.45) is 11.7 Å². The van der Waals surface area contributed by atoms with Crippen molar-refractivity contribution < 1.29 is 8.42 Å². The molecule has 3 N–H and O–H groups in total. The summed E-state index contributed by atoms with van der Waals surface area (Å²) in [4.78, 5) is 0.341. The fraction of sp³-hybridized carbons (Fsp3) is 0.579. The van der Waals surface area contributed by atoms with Crippen LogP contribution in [0.1, 0.15) is 69.0 Å². The van der Waals surface area contributed by atoms with E-state index in [9.17, 15) is 8.42 Å². The first kappa shape index (κ1) is 20.4. The molecule has 1 aromatic rings. The van der Waals surface area contributed by atoms with E-state index in [2.05, 4.69) is 10.8 Å². The van der Waals surface area contributed by atoms with E-state index in [-0.39, 0.29) is 24.5 Å². The monoisotopic (exact) mass is 384 g/mol. The van der Waals surface area contributed by atoms with E-state index >= 15 is 0 Å². The number of hydrogen-bond donors (Lipinski definition) is 2. The van der Waals surface area contributed by atoms with Crippen LogP contribution in [0.25, 0.3) is 6.08 Å². The van der Waals surface area contributed by atoms with Crippen LogP contribution in [-0.4, -0.2) is 14.5 Å². The van der Waals surface area contributed by atoms with Crippen molar-refractivity contribution in [3.63, 3.8) is 0 Å². The first-order chi connectivity index (χ1) is 11.5. The number of halogens is 1. The van der Waals surface area contributed by atoms with Gasteiger partial charge in [-0.15, -0.1) is 12.4 Å². The van der Waals surface area contributed by atoms with Gasteiger partial charge >= 0.3 is 0 Å². The van der Waals surface area contributed by atoms with E-state index in [1.165, 1.54) is 19.3 Å². The van der Waals surface area contributed by atoms with E-state index in [0.717, 1.165) is 36.8 Å². The van der Waals surface area contributed by atoms with E-state index in [1.807, 2.05) is 19.1 Å². The predicted molar refractivity (Wildman–Crippen MR) is 105 cm³/mol. The van der Waals surface area contributed by atoms with Gasteiger partial charge in [-0.3, -0.25) is 0 Å². The SMILES string of the molecule is C[C@H](N)c1ccc(S(=O)(=O)NC2CCCCC2)cc1/C=C/C1CC1.Cl. The van der Waals surface area contributed by atoms with Gasteiger partial charge in [-0.2, -0.15) is 0 Å². The van der Waals surface area contributed by atoms with Crippen LogP contribution in [-0.2, 0) is 10.0 Å². The molecule has 0 heterocycles. The molecule has 2 fully saturated rings. The maximum atomic E-state index is 12.7. The van der Waals surface area contributed by atoms with Crippen LogP contribution < -0.4 is 10.5 Å². The molecule has 0 unspecified atom stereocenters. The first-order valence-corrected chi connectivity index (χ1v) is 10.5. The summed E-state index contributed by atoms with van der Waals surface area (Å²) in [5.41, 5.74) is 7.96. The van der Waals surface area contributed by atoms with E-state index in [1.54, 1.807) is 12.1 Å². The average molecular weight is 385 g/mol. The Morgan fingerprint density at radius 1 is 1.16 bits per heavy atom. The van der Waals surface area contributed by atoms with Crippen molar-refractivity contribution in [2.45, 2.75) is 68.8 Å². The van der Waals surface area contributed by atoms with Gasteiger partial charge in [-0.25, -0.2) is 13.1 Å². The van der Waals surface area contributed by atoms with Crippen LogP contribution in [0, 0.1) is 5.92 Å². The van der Waals surface area contributed by atoms with Gasteiger partial charge in [-0.05, 0) is 61.8 Å². The largest absolute Gasteiger partial charge is 0.324 e. The van der Waals surface area contributed by atoms with Gasteiger partial charge in [0.15, 0.2) is 0 Å². The molecule has 2 aliphatic carbocycles. The Kier molecular flexibility index (Phi) is 7.09. The minimum atomic E-state index is -3.47. The second-order valence-corrected chi connectivity index (χ2v) is 8.95. The van der Waals surface area contributed by atoms with Gasteiger partial charge in [0.25, 0.3) is 0 Å². The summed E-state index contributed by atoms with van der Waals surface area (Å²) >= 11 is 0. The molecule has 0 radical (unpaired) electrons. The van der Waals surface area contributed by atoms with Gasteiger partial charge in [0.05, 0.1) is 4.90 Å². The molecule has 0 saturated heterocycles. The molecule has 3 rings (SSSR count). The standard InChI is InChI=1S/C19H28N2O2S.ClH/c1-14(20)19-12-11-18(13-16(19)10-9-15-7-8-15)24(22,23)21-17-5-3-2-4-6-17;/h9-15,17,21H,2-8,20H2,1H3;1H/b10-9+;/t14-;/m0./s1. The lowest BCUT2D eigenvalue weighted by Gasteiger charge is -2.23. The molecule has 2 saturated carbocycles. The van der Waals surface area contributed by atoms with Gasteiger partial charge in [0.1, 0.15) is 0 Å². The van der Waals surface area contributed by atoms with Crippen molar-refractivity contribution in [3.8, 4) is 0 Å². The van der Waals surface area contributed by atoms with E-state index in [4.69, 9.17) is 5.73 Å². The fourth-order valence-corrected chi connectivity index (χ4v) is 4.66. The molecule has 25 heavy (non-hydrogen) atoms. The van der Waals surface area contributed by atoms with Crippen molar-refractivity contribution in [1.29, 1.82) is 0 Å². The molecular formula is C19H29ClN2O2S. The van der Waals surface area contributed by atoms with Crippen molar-refractivity contribution in [2.75, 3.05) is 0 Å². The van der Waals surface area contributed by atoms with Crippen LogP contribution >= 0.6 is 12.4 Å². The number of nitrogens with two attached hydrogens (primary N) is 1. The van der Waals surface area contributed by atoms with Gasteiger partial charge in [0, 0.05) is 12.1 Å². The number of allylic oxidation sites excluding steroid dienone is 1. The average Bonchev–Trinajstić information content (AvgIpc) is 3.37. The third-order valence-corrected chi connectivity index (χ3v) is 6.47. The van der Waals surface area contributed by atoms with Crippen LogP contribution in [0.3, 0.4) is 0 Å². The second-order valence-electron chi connectivity index (χ2n) is 7.23. The highest BCUT2D eigenvalue weighted by Gasteiger charge is 2.23. The van der Waals surface area contributed by atoms with Crippen LogP contribution in [0.5, 0.6) is 0 Å². The lowest BCUT2D eigenvalue weighted by Crippen LogP contribution is -2.36. The molecule has 0 spiro atoms. The molecule has 4 nitrogen and oxygen atoms in total. The van der Waals surface area contributed by atoms with Crippen molar-refractivity contribution >= 4 is 28.5 Å². The first-order valence-electron chi connectivity index (χ1n) is 9.06. The molecule has 0 aromatic heterocycles. The Morgan fingerprint density at radius 2 is 1.84 bits per heavy atom. The number of benzene rings is 1. The molecule has 1 atom stereocenters. The van der Waals surface area contributed by atoms with Gasteiger partial charge < -0.3 is 5.73 Å². The number of sulfonamides is 1.